The van der Waals surface area contributed by atoms with Crippen molar-refractivity contribution in [2.75, 3.05) is 0 Å². The molecule has 1 aliphatic rings. The van der Waals surface area contributed by atoms with Crippen molar-refractivity contribution in [3.05, 3.63) is 64.8 Å². The van der Waals surface area contributed by atoms with Crippen LogP contribution in [0.5, 0.6) is 5.75 Å². The molecule has 0 bridgehead atoms. The number of aromatic nitrogens is 1. The van der Waals surface area contributed by atoms with Gasteiger partial charge < -0.3 is 14.5 Å². The number of carbonyl (C=O) groups excluding carboxylic acids is 2. The van der Waals surface area contributed by atoms with Crippen LogP contribution >= 0.6 is 11.6 Å². The maximum atomic E-state index is 12.7. The second kappa shape index (κ2) is 6.50. The fraction of sp³-hybridized carbons (Fsp3) is 0.200. The van der Waals surface area contributed by atoms with Crippen LogP contribution in [0.15, 0.2) is 48.7 Å². The number of nitrogens with one attached hydrogen (secondary N) is 1. The molecule has 0 amide bonds. The molecule has 2 aromatic carbocycles. The zero-order valence-corrected chi connectivity index (χ0v) is 14.7. The van der Waals surface area contributed by atoms with E-state index in [2.05, 4.69) is 4.98 Å². The Labute approximate surface area is 154 Å². The molecule has 2 heterocycles. The summed E-state index contributed by atoms with van der Waals surface area (Å²) in [4.78, 5) is 28.1. The van der Waals surface area contributed by atoms with Crippen molar-refractivity contribution in [1.82, 2.24) is 4.98 Å². The normalized spacial score (nSPS) is 16.8. The number of fused-ring (bicyclic) bond motifs is 2. The number of esters is 1. The molecule has 1 aliphatic heterocycles. The van der Waals surface area contributed by atoms with Crippen molar-refractivity contribution in [3.63, 3.8) is 0 Å². The van der Waals surface area contributed by atoms with Gasteiger partial charge in [0.05, 0.1) is 0 Å². The topological polar surface area (TPSA) is 68.4 Å². The van der Waals surface area contributed by atoms with Crippen LogP contribution in [0.2, 0.25) is 5.02 Å². The lowest BCUT2D eigenvalue weighted by atomic mass is 10.1. The molecule has 0 spiro atoms. The van der Waals surface area contributed by atoms with Crippen molar-refractivity contribution in [3.8, 4) is 5.75 Å². The lowest BCUT2D eigenvalue weighted by Crippen LogP contribution is -2.33. The van der Waals surface area contributed by atoms with Gasteiger partial charge in [0.25, 0.3) is 0 Å². The molecule has 4 rings (SSSR count). The molecule has 0 fully saturated rings. The van der Waals surface area contributed by atoms with Gasteiger partial charge in [0.15, 0.2) is 12.2 Å². The van der Waals surface area contributed by atoms with Gasteiger partial charge in [0.2, 0.25) is 5.78 Å². The summed E-state index contributed by atoms with van der Waals surface area (Å²) in [5.41, 5.74) is 2.22. The zero-order valence-electron chi connectivity index (χ0n) is 14.0. The Bertz CT molecular complexity index is 1010. The van der Waals surface area contributed by atoms with E-state index < -0.39 is 18.2 Å². The van der Waals surface area contributed by atoms with Crippen LogP contribution in [0, 0.1) is 0 Å². The largest absolute Gasteiger partial charge is 0.478 e. The average Bonchev–Trinajstić information content (AvgIpc) is 3.24. The number of carbonyl (C=O) groups is 2. The minimum Gasteiger partial charge on any atom is -0.478 e. The van der Waals surface area contributed by atoms with Gasteiger partial charge in [0.1, 0.15) is 5.75 Å². The number of H-pyrrole nitrogens is 1. The molecule has 2 atom stereocenters. The monoisotopic (exact) mass is 369 g/mol. The van der Waals surface area contributed by atoms with Crippen LogP contribution in [0.1, 0.15) is 22.8 Å². The number of Topliss-reactive ketones (excluding diaryl/α,β-unsaturated/α-hetero) is 1. The highest BCUT2D eigenvalue weighted by atomic mass is 35.5. The van der Waals surface area contributed by atoms with E-state index in [0.29, 0.717) is 22.8 Å². The molecule has 132 valence electrons. The number of ether oxygens (including phenoxy) is 2. The van der Waals surface area contributed by atoms with Crippen LogP contribution in [0.3, 0.4) is 0 Å². The number of halogens is 1. The smallest absolute Gasteiger partial charge is 0.348 e. The summed E-state index contributed by atoms with van der Waals surface area (Å²) in [6.45, 7) is 1.57. The Morgan fingerprint density at radius 2 is 2.08 bits per heavy atom. The second-order valence-corrected chi connectivity index (χ2v) is 6.69. The van der Waals surface area contributed by atoms with Gasteiger partial charge in [-0.2, -0.15) is 0 Å². The summed E-state index contributed by atoms with van der Waals surface area (Å²) < 4.78 is 11.0. The number of para-hydroxylation sites is 1. The summed E-state index contributed by atoms with van der Waals surface area (Å²) in [6, 6.07) is 12.7. The van der Waals surface area contributed by atoms with E-state index in [-0.39, 0.29) is 5.78 Å². The maximum Gasteiger partial charge on any atom is 0.348 e. The Morgan fingerprint density at radius 1 is 1.27 bits per heavy atom. The van der Waals surface area contributed by atoms with Crippen LogP contribution in [0.4, 0.5) is 0 Å². The Kier molecular flexibility index (Phi) is 4.17. The number of hydrogen-bond donors (Lipinski definition) is 1. The summed E-state index contributed by atoms with van der Waals surface area (Å²) >= 11 is 5.96. The van der Waals surface area contributed by atoms with Crippen molar-refractivity contribution in [2.24, 2.45) is 0 Å². The second-order valence-electron chi connectivity index (χ2n) is 6.25. The Hall–Kier alpha value is -2.79. The SMILES string of the molecule is C[C@@H](OC(=O)[C@@H]1Cc2cc(Cl)ccc2O1)C(=O)c1c[nH]c2ccccc12. The lowest BCUT2D eigenvalue weighted by molar-refractivity contribution is -0.153. The van der Waals surface area contributed by atoms with Crippen LogP contribution < -0.4 is 4.74 Å². The van der Waals surface area contributed by atoms with Crippen molar-refractivity contribution in [1.29, 1.82) is 0 Å². The van der Waals surface area contributed by atoms with Crippen LogP contribution in [-0.2, 0) is 16.0 Å². The Balaban J connectivity index is 1.46. The fourth-order valence-electron chi connectivity index (χ4n) is 3.15. The lowest BCUT2D eigenvalue weighted by Gasteiger charge is -2.15. The van der Waals surface area contributed by atoms with Gasteiger partial charge in [-0.05, 0) is 36.8 Å². The number of ketones is 1. The molecule has 1 aromatic heterocycles. The molecular formula is C20H16ClNO4. The Morgan fingerprint density at radius 3 is 2.92 bits per heavy atom. The first kappa shape index (κ1) is 16.7. The van der Waals surface area contributed by atoms with Gasteiger partial charge in [-0.1, -0.05) is 29.8 Å². The van der Waals surface area contributed by atoms with Crippen molar-refractivity contribution in [2.45, 2.75) is 25.6 Å². The molecule has 0 unspecified atom stereocenters. The summed E-state index contributed by atoms with van der Waals surface area (Å²) in [5, 5.41) is 1.39. The third kappa shape index (κ3) is 2.95. The number of rotatable bonds is 4. The molecule has 3 aromatic rings. The van der Waals surface area contributed by atoms with E-state index >= 15 is 0 Å². The minimum atomic E-state index is -0.905. The zero-order chi connectivity index (χ0) is 18.3. The van der Waals surface area contributed by atoms with Gasteiger partial charge in [0, 0.05) is 34.1 Å². The molecule has 0 aliphatic carbocycles. The standard InChI is InChI=1S/C20H16ClNO4/c1-11(19(23)15-10-22-16-5-3-2-4-14(15)16)25-20(24)18-9-12-8-13(21)6-7-17(12)26-18/h2-8,10-11,18,22H,9H2,1H3/t11-,18+/m1/s1. The molecule has 5 nitrogen and oxygen atoms in total. The minimum absolute atomic E-state index is 0.255. The third-order valence-electron chi connectivity index (χ3n) is 4.48. The first-order chi connectivity index (χ1) is 12.5. The van der Waals surface area contributed by atoms with Crippen LogP contribution in [-0.4, -0.2) is 28.9 Å². The van der Waals surface area contributed by atoms with Gasteiger partial charge in [-0.25, -0.2) is 4.79 Å². The van der Waals surface area contributed by atoms with Gasteiger partial charge in [-0.3, -0.25) is 4.79 Å². The van der Waals surface area contributed by atoms with E-state index in [1.165, 1.54) is 0 Å². The fourth-order valence-corrected chi connectivity index (χ4v) is 3.34. The molecule has 1 N–H and O–H groups in total. The number of aromatic amines is 1. The predicted octanol–water partition coefficient (Wildman–Crippen LogP) is 3.94. The first-order valence-electron chi connectivity index (χ1n) is 8.29. The molecule has 0 saturated carbocycles. The van der Waals surface area contributed by atoms with Crippen molar-refractivity contribution < 1.29 is 19.1 Å². The molecular weight excluding hydrogens is 354 g/mol. The predicted molar refractivity (Wildman–Crippen MR) is 97.8 cm³/mol. The van der Waals surface area contributed by atoms with Gasteiger partial charge in [-0.15, -0.1) is 0 Å². The average molecular weight is 370 g/mol. The van der Waals surface area contributed by atoms with E-state index in [4.69, 9.17) is 21.1 Å². The highest BCUT2D eigenvalue weighted by Gasteiger charge is 2.33. The van der Waals surface area contributed by atoms with Crippen LogP contribution in [0.25, 0.3) is 10.9 Å². The summed E-state index contributed by atoms with van der Waals surface area (Å²) in [7, 11) is 0. The highest BCUT2D eigenvalue weighted by Crippen LogP contribution is 2.31. The van der Waals surface area contributed by atoms with Crippen molar-refractivity contribution >= 4 is 34.3 Å². The quantitative estimate of drug-likeness (QED) is 0.558. The van der Waals surface area contributed by atoms with E-state index in [0.717, 1.165) is 16.5 Å². The highest BCUT2D eigenvalue weighted by molar-refractivity contribution is 6.30. The van der Waals surface area contributed by atoms with E-state index in [1.807, 2.05) is 24.3 Å². The maximum absolute atomic E-state index is 12.7. The molecule has 0 saturated heterocycles. The molecule has 0 radical (unpaired) electrons. The van der Waals surface area contributed by atoms with E-state index in [1.54, 1.807) is 31.3 Å². The molecule has 26 heavy (non-hydrogen) atoms. The number of benzene rings is 2. The summed E-state index contributed by atoms with van der Waals surface area (Å²) in [6.07, 6.45) is 0.351. The number of hydrogen-bond acceptors (Lipinski definition) is 4. The molecule has 6 heteroatoms. The van der Waals surface area contributed by atoms with Gasteiger partial charge >= 0.3 is 5.97 Å². The van der Waals surface area contributed by atoms with E-state index in [9.17, 15) is 9.59 Å². The first-order valence-corrected chi connectivity index (χ1v) is 8.66. The summed E-state index contributed by atoms with van der Waals surface area (Å²) in [5.74, 6) is -0.195. The third-order valence-corrected chi connectivity index (χ3v) is 4.71.